The van der Waals surface area contributed by atoms with Gasteiger partial charge in [-0.2, -0.15) is 0 Å². The third-order valence-corrected chi connectivity index (χ3v) is 6.57. The lowest BCUT2D eigenvalue weighted by molar-refractivity contribution is -0.139. The summed E-state index contributed by atoms with van der Waals surface area (Å²) in [5.41, 5.74) is 0. The molecule has 0 aromatic carbocycles. The van der Waals surface area contributed by atoms with Crippen molar-refractivity contribution in [2.24, 2.45) is 23.7 Å². The minimum absolute atomic E-state index is 0.181. The molecule has 0 bridgehead atoms. The van der Waals surface area contributed by atoms with E-state index in [0.717, 1.165) is 38.8 Å². The average Bonchev–Trinajstić information content (AvgIpc) is 3.07. The maximum atomic E-state index is 12.8. The Labute approximate surface area is 153 Å². The summed E-state index contributed by atoms with van der Waals surface area (Å²) in [5.74, 6) is 2.65. The van der Waals surface area contributed by atoms with Crippen LogP contribution in [0.15, 0.2) is 0 Å². The second kappa shape index (κ2) is 8.55. The van der Waals surface area contributed by atoms with Gasteiger partial charge in [-0.3, -0.25) is 9.59 Å². The first kappa shape index (κ1) is 18.7. The number of hydrogen-bond donors (Lipinski definition) is 1. The zero-order valence-corrected chi connectivity index (χ0v) is 16.1. The molecule has 1 N–H and O–H groups in total. The maximum Gasteiger partial charge on any atom is 0.225 e. The molecule has 1 saturated heterocycles. The van der Waals surface area contributed by atoms with Crippen molar-refractivity contribution in [3.8, 4) is 0 Å². The van der Waals surface area contributed by atoms with Gasteiger partial charge in [0.2, 0.25) is 11.8 Å². The molecule has 3 aliphatic rings. The number of hydrogen-bond acceptors (Lipinski definition) is 2. The summed E-state index contributed by atoms with van der Waals surface area (Å²) in [6.07, 6.45) is 10.8. The van der Waals surface area contributed by atoms with Crippen LogP contribution in [0.25, 0.3) is 0 Å². The molecule has 1 heterocycles. The van der Waals surface area contributed by atoms with Crippen molar-refractivity contribution >= 4 is 11.8 Å². The number of rotatable bonds is 4. The molecule has 3 fully saturated rings. The fraction of sp³-hybridized carbons (Fsp3) is 0.905. The highest BCUT2D eigenvalue weighted by molar-refractivity contribution is 5.79. The van der Waals surface area contributed by atoms with Gasteiger partial charge in [-0.1, -0.05) is 26.7 Å². The minimum Gasteiger partial charge on any atom is -0.353 e. The predicted octanol–water partition coefficient (Wildman–Crippen LogP) is 3.75. The van der Waals surface area contributed by atoms with E-state index in [1.807, 2.05) is 0 Å². The SMILES string of the molecule is CC1CC(C)CN(C(=O)C2CCC(NC(=O)CC3CCCC3)CC2)C1. The summed E-state index contributed by atoms with van der Waals surface area (Å²) in [6, 6.07) is 0.289. The molecular weight excluding hydrogens is 312 g/mol. The van der Waals surface area contributed by atoms with Crippen molar-refractivity contribution in [3.05, 3.63) is 0 Å². The van der Waals surface area contributed by atoms with E-state index in [-0.39, 0.29) is 17.9 Å². The van der Waals surface area contributed by atoms with E-state index < -0.39 is 0 Å². The molecule has 4 nitrogen and oxygen atoms in total. The molecule has 1 aliphatic heterocycles. The van der Waals surface area contributed by atoms with E-state index >= 15 is 0 Å². The molecule has 2 atom stereocenters. The van der Waals surface area contributed by atoms with Crippen molar-refractivity contribution in [3.63, 3.8) is 0 Å². The number of amides is 2. The molecule has 0 radical (unpaired) electrons. The van der Waals surface area contributed by atoms with Crippen LogP contribution in [0.5, 0.6) is 0 Å². The normalized spacial score (nSPS) is 34.1. The third-order valence-electron chi connectivity index (χ3n) is 6.57. The maximum absolute atomic E-state index is 12.8. The van der Waals surface area contributed by atoms with Gasteiger partial charge < -0.3 is 10.2 Å². The Morgan fingerprint density at radius 3 is 2.12 bits per heavy atom. The zero-order valence-electron chi connectivity index (χ0n) is 16.1. The third kappa shape index (κ3) is 5.21. The van der Waals surface area contributed by atoms with Crippen LogP contribution in [0.1, 0.15) is 78.1 Å². The Hall–Kier alpha value is -1.06. The first-order valence-corrected chi connectivity index (χ1v) is 10.6. The van der Waals surface area contributed by atoms with Gasteiger partial charge in [0.05, 0.1) is 0 Å². The topological polar surface area (TPSA) is 49.4 Å². The smallest absolute Gasteiger partial charge is 0.225 e. The van der Waals surface area contributed by atoms with Gasteiger partial charge in [0.1, 0.15) is 0 Å². The Bertz CT molecular complexity index is 455. The highest BCUT2D eigenvalue weighted by Crippen LogP contribution is 2.30. The van der Waals surface area contributed by atoms with E-state index in [9.17, 15) is 9.59 Å². The molecule has 3 rings (SSSR count). The van der Waals surface area contributed by atoms with Gasteiger partial charge >= 0.3 is 0 Å². The van der Waals surface area contributed by atoms with E-state index in [0.29, 0.717) is 30.1 Å². The fourth-order valence-corrected chi connectivity index (χ4v) is 5.35. The summed E-state index contributed by atoms with van der Waals surface area (Å²) < 4.78 is 0. The second-order valence-corrected chi connectivity index (χ2v) is 9.16. The molecule has 0 aromatic heterocycles. The largest absolute Gasteiger partial charge is 0.353 e. The molecule has 2 saturated carbocycles. The van der Waals surface area contributed by atoms with Gasteiger partial charge in [-0.15, -0.1) is 0 Å². The van der Waals surface area contributed by atoms with Crippen molar-refractivity contribution in [1.82, 2.24) is 10.2 Å². The Kier molecular flexibility index (Phi) is 6.40. The van der Waals surface area contributed by atoms with Crippen LogP contribution >= 0.6 is 0 Å². The molecule has 4 heteroatoms. The summed E-state index contributed by atoms with van der Waals surface area (Å²) in [4.78, 5) is 27.2. The highest BCUT2D eigenvalue weighted by Gasteiger charge is 2.33. The highest BCUT2D eigenvalue weighted by atomic mass is 16.2. The number of nitrogens with one attached hydrogen (secondary N) is 1. The van der Waals surface area contributed by atoms with Crippen LogP contribution in [0.4, 0.5) is 0 Å². The molecule has 0 spiro atoms. The van der Waals surface area contributed by atoms with E-state index in [1.54, 1.807) is 0 Å². The monoisotopic (exact) mass is 348 g/mol. The summed E-state index contributed by atoms with van der Waals surface area (Å²) in [6.45, 7) is 6.38. The van der Waals surface area contributed by atoms with E-state index in [1.165, 1.54) is 32.1 Å². The van der Waals surface area contributed by atoms with Crippen molar-refractivity contribution < 1.29 is 9.59 Å². The molecule has 142 valence electrons. The quantitative estimate of drug-likeness (QED) is 0.841. The molecule has 2 amide bonds. The summed E-state index contributed by atoms with van der Waals surface area (Å²) in [5, 5.41) is 3.24. The summed E-state index contributed by atoms with van der Waals surface area (Å²) in [7, 11) is 0. The summed E-state index contributed by atoms with van der Waals surface area (Å²) >= 11 is 0. The lowest BCUT2D eigenvalue weighted by Gasteiger charge is -2.38. The standard InChI is InChI=1S/C21H36N2O2/c1-15-11-16(2)14-23(13-15)21(25)18-7-9-19(10-8-18)22-20(24)12-17-5-3-4-6-17/h15-19H,3-14H2,1-2H3,(H,22,24). The van der Waals surface area contributed by atoms with E-state index in [4.69, 9.17) is 0 Å². The Balaban J connectivity index is 1.40. The molecule has 0 aromatic rings. The van der Waals surface area contributed by atoms with Crippen LogP contribution in [-0.4, -0.2) is 35.8 Å². The van der Waals surface area contributed by atoms with Crippen LogP contribution in [0.2, 0.25) is 0 Å². The first-order valence-electron chi connectivity index (χ1n) is 10.6. The molecule has 2 aliphatic carbocycles. The first-order chi connectivity index (χ1) is 12.0. The van der Waals surface area contributed by atoms with Crippen molar-refractivity contribution in [2.45, 2.75) is 84.1 Å². The van der Waals surface area contributed by atoms with Crippen LogP contribution in [-0.2, 0) is 9.59 Å². The molecule has 2 unspecified atom stereocenters. The number of carbonyl (C=O) groups excluding carboxylic acids is 2. The van der Waals surface area contributed by atoms with Gasteiger partial charge in [0, 0.05) is 31.5 Å². The minimum atomic E-state index is 0.181. The zero-order chi connectivity index (χ0) is 17.8. The number of nitrogens with zero attached hydrogens (tertiary/aromatic N) is 1. The number of carbonyl (C=O) groups is 2. The molecular formula is C21H36N2O2. The van der Waals surface area contributed by atoms with Crippen molar-refractivity contribution in [1.29, 1.82) is 0 Å². The fourth-order valence-electron chi connectivity index (χ4n) is 5.35. The van der Waals surface area contributed by atoms with Crippen LogP contribution in [0.3, 0.4) is 0 Å². The number of piperidine rings is 1. The lowest BCUT2D eigenvalue weighted by atomic mass is 9.83. The Morgan fingerprint density at radius 1 is 0.920 bits per heavy atom. The number of likely N-dealkylation sites (tertiary alicyclic amines) is 1. The van der Waals surface area contributed by atoms with Crippen molar-refractivity contribution in [2.75, 3.05) is 13.1 Å². The van der Waals surface area contributed by atoms with Crippen LogP contribution in [0, 0.1) is 23.7 Å². The van der Waals surface area contributed by atoms with Gasteiger partial charge in [-0.05, 0) is 62.7 Å². The Morgan fingerprint density at radius 2 is 1.52 bits per heavy atom. The van der Waals surface area contributed by atoms with Gasteiger partial charge in [0.15, 0.2) is 0 Å². The van der Waals surface area contributed by atoms with Gasteiger partial charge in [0.25, 0.3) is 0 Å². The van der Waals surface area contributed by atoms with Gasteiger partial charge in [-0.25, -0.2) is 0 Å². The van der Waals surface area contributed by atoms with E-state index in [2.05, 4.69) is 24.1 Å². The predicted molar refractivity (Wildman–Crippen MR) is 100.0 cm³/mol. The second-order valence-electron chi connectivity index (χ2n) is 9.16. The lowest BCUT2D eigenvalue weighted by Crippen LogP contribution is -2.47. The average molecular weight is 349 g/mol. The molecule has 25 heavy (non-hydrogen) atoms. The van der Waals surface area contributed by atoms with Crippen LogP contribution < -0.4 is 5.32 Å².